The Morgan fingerprint density at radius 1 is 1.19 bits per heavy atom. The number of halogens is 3. The van der Waals surface area contributed by atoms with Crippen LogP contribution in [0.3, 0.4) is 0 Å². The maximum atomic E-state index is 13.0. The summed E-state index contributed by atoms with van der Waals surface area (Å²) in [5.74, 6) is -0.381. The largest absolute Gasteiger partial charge is 0.573 e. The van der Waals surface area contributed by atoms with Gasteiger partial charge in [0.25, 0.3) is 5.91 Å². The molecule has 1 fully saturated rings. The van der Waals surface area contributed by atoms with E-state index in [1.807, 2.05) is 13.8 Å². The topological polar surface area (TPSA) is 130 Å². The molecule has 1 unspecified atom stereocenters. The number of benzene rings is 3. The molecule has 0 bridgehead atoms. The van der Waals surface area contributed by atoms with Crippen LogP contribution >= 0.6 is 0 Å². The van der Waals surface area contributed by atoms with Crippen molar-refractivity contribution in [2.45, 2.75) is 44.6 Å². The third-order valence-corrected chi connectivity index (χ3v) is 8.08. The Balaban J connectivity index is 1.08. The molecule has 2 amide bonds. The zero-order chi connectivity index (χ0) is 34.2. The van der Waals surface area contributed by atoms with E-state index >= 15 is 0 Å². The van der Waals surface area contributed by atoms with E-state index in [2.05, 4.69) is 26.1 Å². The predicted octanol–water partition coefficient (Wildman–Crippen LogP) is 7.08. The van der Waals surface area contributed by atoms with E-state index in [0.29, 0.717) is 45.1 Å². The third-order valence-electron chi connectivity index (χ3n) is 8.08. The Labute approximate surface area is 273 Å². The number of nitrogens with one attached hydrogen (secondary N) is 1. The Kier molecular flexibility index (Phi) is 8.43. The van der Waals surface area contributed by atoms with Crippen molar-refractivity contribution in [3.8, 4) is 23.3 Å². The number of oxazole rings is 1. The summed E-state index contributed by atoms with van der Waals surface area (Å²) in [5, 5.41) is 12.2. The second kappa shape index (κ2) is 12.5. The fourth-order valence-corrected chi connectivity index (χ4v) is 5.66. The van der Waals surface area contributed by atoms with Crippen LogP contribution in [0.2, 0.25) is 0 Å². The summed E-state index contributed by atoms with van der Waals surface area (Å²) >= 11 is 0. The number of carbonyl (C=O) groups excluding carboxylic acids is 2. The van der Waals surface area contributed by atoms with Crippen LogP contribution in [0.25, 0.3) is 22.6 Å². The number of ether oxygens (including phenoxy) is 2. The van der Waals surface area contributed by atoms with Crippen molar-refractivity contribution in [3.05, 3.63) is 95.1 Å². The molecule has 2 aliphatic heterocycles. The molecule has 2 aliphatic rings. The van der Waals surface area contributed by atoms with Gasteiger partial charge in [-0.2, -0.15) is 5.26 Å². The SMILES string of the molecule is CC(C)c1cc(C#N)cc2nc(-c3ccc(C(=O)NC[C@@]4(C)CN(C5=NCC(c6ccccc6OC(F)(F)F)C=C5)C(=O)O4)cc3)oc12. The first-order chi connectivity index (χ1) is 22.8. The number of aromatic nitrogens is 1. The summed E-state index contributed by atoms with van der Waals surface area (Å²) in [4.78, 5) is 36.2. The Hall–Kier alpha value is -5.64. The summed E-state index contributed by atoms with van der Waals surface area (Å²) in [6.45, 7) is 5.91. The molecule has 48 heavy (non-hydrogen) atoms. The molecular formula is C35H30F3N5O5. The molecule has 1 N–H and O–H groups in total. The lowest BCUT2D eigenvalue weighted by Crippen LogP contribution is -2.44. The molecule has 0 aliphatic carbocycles. The van der Waals surface area contributed by atoms with Gasteiger partial charge in [0, 0.05) is 28.2 Å². The number of fused-ring (bicyclic) bond motifs is 1. The van der Waals surface area contributed by atoms with Gasteiger partial charge < -0.3 is 19.2 Å². The number of aliphatic imine (C=N–C) groups is 1. The van der Waals surface area contributed by atoms with Gasteiger partial charge >= 0.3 is 12.5 Å². The molecule has 246 valence electrons. The average molecular weight is 658 g/mol. The van der Waals surface area contributed by atoms with Crippen molar-refractivity contribution in [2.24, 2.45) is 4.99 Å². The number of carbonyl (C=O) groups is 2. The number of nitriles is 1. The molecule has 2 atom stereocenters. The first-order valence-corrected chi connectivity index (χ1v) is 15.1. The quantitative estimate of drug-likeness (QED) is 0.225. The van der Waals surface area contributed by atoms with E-state index in [-0.39, 0.29) is 37.2 Å². The smallest absolute Gasteiger partial charge is 0.439 e. The van der Waals surface area contributed by atoms with Gasteiger partial charge in [-0.3, -0.25) is 14.7 Å². The molecule has 1 saturated heterocycles. The predicted molar refractivity (Wildman–Crippen MR) is 169 cm³/mol. The number of rotatable bonds is 7. The van der Waals surface area contributed by atoms with E-state index in [0.717, 1.165) is 5.56 Å². The Morgan fingerprint density at radius 3 is 2.60 bits per heavy atom. The van der Waals surface area contributed by atoms with Crippen molar-refractivity contribution in [3.63, 3.8) is 0 Å². The number of amides is 2. The summed E-state index contributed by atoms with van der Waals surface area (Å²) < 4.78 is 54.5. The molecule has 4 aromatic rings. The fraction of sp³-hybridized carbons (Fsp3) is 0.286. The molecular weight excluding hydrogens is 627 g/mol. The average Bonchev–Trinajstić information content (AvgIpc) is 3.63. The van der Waals surface area contributed by atoms with Crippen LogP contribution in [0.5, 0.6) is 5.75 Å². The van der Waals surface area contributed by atoms with Crippen molar-refractivity contribution in [2.75, 3.05) is 19.6 Å². The van der Waals surface area contributed by atoms with Crippen LogP contribution in [0.4, 0.5) is 18.0 Å². The van der Waals surface area contributed by atoms with Gasteiger partial charge in [-0.1, -0.05) is 38.1 Å². The summed E-state index contributed by atoms with van der Waals surface area (Å²) in [6.07, 6.45) is -2.25. The second-order valence-corrected chi connectivity index (χ2v) is 12.1. The molecule has 0 saturated carbocycles. The molecule has 3 heterocycles. The summed E-state index contributed by atoms with van der Waals surface area (Å²) in [5.41, 5.74) is 2.86. The molecule has 3 aromatic carbocycles. The third kappa shape index (κ3) is 6.73. The second-order valence-electron chi connectivity index (χ2n) is 12.1. The van der Waals surface area contributed by atoms with Crippen LogP contribution in [-0.2, 0) is 4.74 Å². The number of alkyl halides is 3. The first-order valence-electron chi connectivity index (χ1n) is 15.1. The number of cyclic esters (lactones) is 1. The van der Waals surface area contributed by atoms with Crippen LogP contribution in [0.15, 0.2) is 82.2 Å². The van der Waals surface area contributed by atoms with E-state index in [1.54, 1.807) is 61.5 Å². The molecule has 0 radical (unpaired) electrons. The van der Waals surface area contributed by atoms with Crippen molar-refractivity contribution >= 4 is 28.9 Å². The lowest BCUT2D eigenvalue weighted by molar-refractivity contribution is -0.274. The zero-order valence-corrected chi connectivity index (χ0v) is 26.2. The minimum absolute atomic E-state index is 0.0158. The number of nitrogens with zero attached hydrogens (tertiary/aromatic N) is 4. The summed E-state index contributed by atoms with van der Waals surface area (Å²) in [7, 11) is 0. The number of hydrogen-bond donors (Lipinski definition) is 1. The normalized spacial score (nSPS) is 19.3. The van der Waals surface area contributed by atoms with E-state index < -0.39 is 24.0 Å². The van der Waals surface area contributed by atoms with Crippen molar-refractivity contribution in [1.82, 2.24) is 15.2 Å². The van der Waals surface area contributed by atoms with Gasteiger partial charge in [0.05, 0.1) is 31.3 Å². The standard InChI is InChI=1S/C35H30F3N5O5/c1-20(2)26-14-21(16-39)15-27-30(26)46-32(42-27)23-10-8-22(9-11-23)31(44)41-18-34(3)19-43(33(45)48-34)29-13-12-24(17-40-29)25-6-4-5-7-28(25)47-35(36,37)38/h4-15,20,24H,17-19H2,1-3H3,(H,41,44)/t24?,34-/m0/s1. The van der Waals surface area contributed by atoms with Crippen LogP contribution in [0.1, 0.15) is 59.7 Å². The van der Waals surface area contributed by atoms with Crippen LogP contribution < -0.4 is 10.1 Å². The van der Waals surface area contributed by atoms with E-state index in [4.69, 9.17) is 9.15 Å². The highest BCUT2D eigenvalue weighted by molar-refractivity contribution is 6.04. The highest BCUT2D eigenvalue weighted by atomic mass is 19.4. The Morgan fingerprint density at radius 2 is 1.94 bits per heavy atom. The highest BCUT2D eigenvalue weighted by Crippen LogP contribution is 2.35. The number of amidine groups is 1. The van der Waals surface area contributed by atoms with E-state index in [9.17, 15) is 28.0 Å². The molecule has 13 heteroatoms. The lowest BCUT2D eigenvalue weighted by Gasteiger charge is -2.24. The minimum atomic E-state index is -4.83. The van der Waals surface area contributed by atoms with Crippen LogP contribution in [-0.4, -0.2) is 59.3 Å². The molecule has 1 aromatic heterocycles. The minimum Gasteiger partial charge on any atom is -0.439 e. The molecule has 6 rings (SSSR count). The number of dihydropyridines is 1. The van der Waals surface area contributed by atoms with Crippen molar-refractivity contribution < 1.29 is 36.7 Å². The Bertz CT molecular complexity index is 1990. The number of para-hydroxylation sites is 1. The zero-order valence-electron chi connectivity index (χ0n) is 26.2. The van der Waals surface area contributed by atoms with Gasteiger partial charge in [-0.15, -0.1) is 13.2 Å². The van der Waals surface area contributed by atoms with Crippen molar-refractivity contribution in [1.29, 1.82) is 5.26 Å². The lowest BCUT2D eigenvalue weighted by atomic mass is 9.96. The number of hydrogen-bond acceptors (Lipinski definition) is 8. The molecule has 0 spiro atoms. The van der Waals surface area contributed by atoms with Gasteiger partial charge in [0.2, 0.25) is 5.89 Å². The maximum absolute atomic E-state index is 13.0. The fourth-order valence-electron chi connectivity index (χ4n) is 5.66. The van der Waals surface area contributed by atoms with E-state index in [1.165, 1.54) is 23.1 Å². The first kappa shape index (κ1) is 32.3. The summed E-state index contributed by atoms with van der Waals surface area (Å²) in [6, 6.07) is 18.2. The van der Waals surface area contributed by atoms with Gasteiger partial charge in [-0.05, 0) is 61.4 Å². The van der Waals surface area contributed by atoms with Gasteiger partial charge in [0.15, 0.2) is 5.58 Å². The van der Waals surface area contributed by atoms with Gasteiger partial charge in [-0.25, -0.2) is 9.78 Å². The molecule has 10 nitrogen and oxygen atoms in total. The highest BCUT2D eigenvalue weighted by Gasteiger charge is 2.43. The monoisotopic (exact) mass is 657 g/mol. The van der Waals surface area contributed by atoms with Gasteiger partial charge in [0.1, 0.15) is 22.7 Å². The van der Waals surface area contributed by atoms with Crippen LogP contribution in [0, 0.1) is 11.3 Å². The maximum Gasteiger partial charge on any atom is 0.573 e.